The average molecular weight is 163 g/mol. The first-order chi connectivity index (χ1) is 4.50. The second-order valence-electron chi connectivity index (χ2n) is 2.86. The number of Topliss-reactive ketones (excluding diaryl/α,β-unsaturated/α-hetero) is 1. The summed E-state index contributed by atoms with van der Waals surface area (Å²) < 4.78 is 0. The fraction of sp³-hybridized carbons (Fsp3) is 0.875. The Bertz CT molecular complexity index is 118. The van der Waals surface area contributed by atoms with Crippen molar-refractivity contribution in [1.82, 2.24) is 0 Å². The summed E-state index contributed by atoms with van der Waals surface area (Å²) in [5.74, 6) is 0.0719. The monoisotopic (exact) mass is 162 g/mol. The van der Waals surface area contributed by atoms with Gasteiger partial charge in [-0.1, -0.05) is 19.8 Å². The summed E-state index contributed by atoms with van der Waals surface area (Å²) in [6.07, 6.45) is 2.91. The van der Waals surface area contributed by atoms with Crippen LogP contribution in [-0.2, 0) is 4.79 Å². The van der Waals surface area contributed by atoms with E-state index in [1.807, 2.05) is 0 Å². The van der Waals surface area contributed by atoms with Crippen molar-refractivity contribution in [3.63, 3.8) is 0 Å². The third kappa shape index (κ3) is 3.21. The molecule has 0 heterocycles. The fourth-order valence-electron chi connectivity index (χ4n) is 0.685. The molecule has 0 amide bonds. The van der Waals surface area contributed by atoms with Gasteiger partial charge < -0.3 is 0 Å². The maximum absolute atomic E-state index is 10.8. The van der Waals surface area contributed by atoms with Gasteiger partial charge in [0.05, 0.1) is 4.87 Å². The molecule has 1 unspecified atom stereocenters. The number of hydrogen-bond donors (Lipinski definition) is 0. The Hall–Kier alpha value is -0.0400. The Morgan fingerprint density at radius 1 is 1.60 bits per heavy atom. The van der Waals surface area contributed by atoms with Gasteiger partial charge >= 0.3 is 0 Å². The summed E-state index contributed by atoms with van der Waals surface area (Å²) in [4.78, 5) is 10.2. The molecule has 2 heteroatoms. The average Bonchev–Trinajstić information content (AvgIpc) is 1.84. The second kappa shape index (κ2) is 3.97. The van der Waals surface area contributed by atoms with Crippen LogP contribution < -0.4 is 0 Å². The number of carbonyl (C=O) groups is 1. The molecule has 0 aromatic rings. The summed E-state index contributed by atoms with van der Waals surface area (Å²) in [5, 5.41) is 0. The first-order valence-electron chi connectivity index (χ1n) is 3.70. The highest BCUT2D eigenvalue weighted by Gasteiger charge is 2.25. The van der Waals surface area contributed by atoms with Crippen molar-refractivity contribution in [2.45, 2.75) is 44.9 Å². The van der Waals surface area contributed by atoms with Crippen molar-refractivity contribution < 1.29 is 4.79 Å². The van der Waals surface area contributed by atoms with Crippen molar-refractivity contribution in [2.24, 2.45) is 0 Å². The number of hydrogen-bond acceptors (Lipinski definition) is 1. The SMILES string of the molecule is CCCCC(C)(Cl)C(C)=O. The lowest BCUT2D eigenvalue weighted by Gasteiger charge is -2.16. The van der Waals surface area contributed by atoms with Crippen LogP contribution in [0.1, 0.15) is 40.0 Å². The molecule has 10 heavy (non-hydrogen) atoms. The molecule has 60 valence electrons. The van der Waals surface area contributed by atoms with E-state index >= 15 is 0 Å². The van der Waals surface area contributed by atoms with Gasteiger partial charge in [-0.15, -0.1) is 11.6 Å². The summed E-state index contributed by atoms with van der Waals surface area (Å²) in [6.45, 7) is 5.42. The van der Waals surface area contributed by atoms with Crippen molar-refractivity contribution in [3.8, 4) is 0 Å². The van der Waals surface area contributed by atoms with Crippen molar-refractivity contribution in [1.29, 1.82) is 0 Å². The largest absolute Gasteiger partial charge is 0.298 e. The molecule has 0 aromatic carbocycles. The molecular formula is C8H15ClO. The molecule has 0 rings (SSSR count). The Morgan fingerprint density at radius 3 is 2.40 bits per heavy atom. The molecule has 0 saturated heterocycles. The van der Waals surface area contributed by atoms with E-state index in [1.165, 1.54) is 0 Å². The second-order valence-corrected chi connectivity index (χ2v) is 3.69. The predicted octanol–water partition coefficient (Wildman–Crippen LogP) is 2.76. The number of rotatable bonds is 4. The maximum atomic E-state index is 10.8. The molecule has 1 atom stereocenters. The maximum Gasteiger partial charge on any atom is 0.150 e. The van der Waals surface area contributed by atoms with Gasteiger partial charge in [0.1, 0.15) is 5.78 Å². The quantitative estimate of drug-likeness (QED) is 0.581. The molecule has 0 fully saturated rings. The van der Waals surface area contributed by atoms with Gasteiger partial charge in [0, 0.05) is 0 Å². The predicted molar refractivity (Wildman–Crippen MR) is 44.5 cm³/mol. The molecule has 0 radical (unpaired) electrons. The molecule has 0 N–H and O–H groups in total. The van der Waals surface area contributed by atoms with Crippen LogP contribution in [0, 0.1) is 0 Å². The van der Waals surface area contributed by atoms with Crippen LogP contribution in [0.3, 0.4) is 0 Å². The van der Waals surface area contributed by atoms with E-state index in [-0.39, 0.29) is 5.78 Å². The number of carbonyl (C=O) groups excluding carboxylic acids is 1. The topological polar surface area (TPSA) is 17.1 Å². The van der Waals surface area contributed by atoms with Crippen LogP contribution in [0.25, 0.3) is 0 Å². The van der Waals surface area contributed by atoms with Crippen molar-refractivity contribution in [2.75, 3.05) is 0 Å². The van der Waals surface area contributed by atoms with E-state index in [0.717, 1.165) is 19.3 Å². The minimum Gasteiger partial charge on any atom is -0.298 e. The molecule has 0 aliphatic carbocycles. The van der Waals surface area contributed by atoms with Gasteiger partial charge in [0.25, 0.3) is 0 Å². The Labute approximate surface area is 67.8 Å². The van der Waals surface area contributed by atoms with Gasteiger partial charge in [0.15, 0.2) is 0 Å². The lowest BCUT2D eigenvalue weighted by molar-refractivity contribution is -0.119. The first kappa shape index (κ1) is 9.96. The number of halogens is 1. The van der Waals surface area contributed by atoms with Gasteiger partial charge in [-0.25, -0.2) is 0 Å². The van der Waals surface area contributed by atoms with Gasteiger partial charge in [-0.05, 0) is 20.3 Å². The normalized spacial score (nSPS) is 16.4. The molecule has 0 aliphatic heterocycles. The number of unbranched alkanes of at least 4 members (excludes halogenated alkanes) is 1. The van der Waals surface area contributed by atoms with Gasteiger partial charge in [-0.2, -0.15) is 0 Å². The van der Waals surface area contributed by atoms with Gasteiger partial charge in [0.2, 0.25) is 0 Å². The molecule has 0 saturated carbocycles. The first-order valence-corrected chi connectivity index (χ1v) is 4.08. The fourth-order valence-corrected chi connectivity index (χ4v) is 0.818. The molecule has 0 aromatic heterocycles. The third-order valence-electron chi connectivity index (χ3n) is 1.73. The van der Waals surface area contributed by atoms with E-state index in [0.29, 0.717) is 0 Å². The zero-order valence-corrected chi connectivity index (χ0v) is 7.66. The van der Waals surface area contributed by atoms with Gasteiger partial charge in [-0.3, -0.25) is 4.79 Å². The van der Waals surface area contributed by atoms with Crippen LogP contribution in [0.5, 0.6) is 0 Å². The highest BCUT2D eigenvalue weighted by molar-refractivity contribution is 6.34. The third-order valence-corrected chi connectivity index (χ3v) is 2.19. The highest BCUT2D eigenvalue weighted by Crippen LogP contribution is 2.22. The highest BCUT2D eigenvalue weighted by atomic mass is 35.5. The Morgan fingerprint density at radius 2 is 2.10 bits per heavy atom. The molecule has 0 bridgehead atoms. The Balaban J connectivity index is 3.75. The number of ketones is 1. The summed E-state index contributed by atoms with van der Waals surface area (Å²) in [7, 11) is 0. The molecule has 0 spiro atoms. The van der Waals surface area contributed by atoms with Crippen LogP contribution >= 0.6 is 11.6 Å². The summed E-state index contributed by atoms with van der Waals surface area (Å²) >= 11 is 5.90. The lowest BCUT2D eigenvalue weighted by atomic mass is 10.00. The summed E-state index contributed by atoms with van der Waals surface area (Å²) in [6, 6.07) is 0. The van der Waals surface area contributed by atoms with Crippen LogP contribution in [-0.4, -0.2) is 10.7 Å². The minimum absolute atomic E-state index is 0.0719. The van der Waals surface area contributed by atoms with E-state index in [1.54, 1.807) is 13.8 Å². The lowest BCUT2D eigenvalue weighted by Crippen LogP contribution is -2.25. The zero-order chi connectivity index (χ0) is 8.20. The smallest absolute Gasteiger partial charge is 0.150 e. The minimum atomic E-state index is -0.615. The van der Waals surface area contributed by atoms with E-state index in [9.17, 15) is 4.79 Å². The standard InChI is InChI=1S/C8H15ClO/c1-4-5-6-8(3,9)7(2)10/h4-6H2,1-3H3. The van der Waals surface area contributed by atoms with Crippen molar-refractivity contribution in [3.05, 3.63) is 0 Å². The zero-order valence-electron chi connectivity index (χ0n) is 6.91. The van der Waals surface area contributed by atoms with E-state index < -0.39 is 4.87 Å². The van der Waals surface area contributed by atoms with Crippen LogP contribution in [0.15, 0.2) is 0 Å². The van der Waals surface area contributed by atoms with E-state index in [4.69, 9.17) is 11.6 Å². The molecule has 1 nitrogen and oxygen atoms in total. The van der Waals surface area contributed by atoms with Crippen LogP contribution in [0.4, 0.5) is 0 Å². The molecule has 0 aliphatic rings. The van der Waals surface area contributed by atoms with Crippen molar-refractivity contribution >= 4 is 17.4 Å². The summed E-state index contributed by atoms with van der Waals surface area (Å²) in [5.41, 5.74) is 0. The Kier molecular flexibility index (Phi) is 3.95. The van der Waals surface area contributed by atoms with Crippen LogP contribution in [0.2, 0.25) is 0 Å². The molecular weight excluding hydrogens is 148 g/mol. The number of alkyl halides is 1. The van der Waals surface area contributed by atoms with E-state index in [2.05, 4.69) is 6.92 Å².